The van der Waals surface area contributed by atoms with Crippen molar-refractivity contribution in [2.24, 2.45) is 11.8 Å². The summed E-state index contributed by atoms with van der Waals surface area (Å²) in [6.07, 6.45) is 4.96. The summed E-state index contributed by atoms with van der Waals surface area (Å²) in [5, 5.41) is 10.3. The number of hydrogen-bond donors (Lipinski definition) is 1. The first kappa shape index (κ1) is 30.1. The van der Waals surface area contributed by atoms with E-state index in [1.54, 1.807) is 24.3 Å². The van der Waals surface area contributed by atoms with Crippen LogP contribution < -0.4 is 0 Å². The van der Waals surface area contributed by atoms with Crippen molar-refractivity contribution in [1.82, 2.24) is 0 Å². The van der Waals surface area contributed by atoms with Crippen LogP contribution in [0, 0.1) is 11.8 Å². The maximum Gasteiger partial charge on any atom is 0.306 e. The van der Waals surface area contributed by atoms with Crippen LogP contribution >= 0.6 is 0 Å². The molecule has 0 aromatic heterocycles. The Morgan fingerprint density at radius 1 is 1.00 bits per heavy atom. The molecule has 7 heteroatoms. The van der Waals surface area contributed by atoms with Gasteiger partial charge in [-0.05, 0) is 51.0 Å². The molecule has 0 bridgehead atoms. The van der Waals surface area contributed by atoms with Crippen LogP contribution in [-0.4, -0.2) is 40.8 Å². The zero-order valence-electron chi connectivity index (χ0n) is 21.7. The van der Waals surface area contributed by atoms with E-state index in [2.05, 4.69) is 0 Å². The molecule has 0 aliphatic heterocycles. The smallest absolute Gasteiger partial charge is 0.306 e. The van der Waals surface area contributed by atoms with Crippen molar-refractivity contribution in [1.29, 1.82) is 0 Å². The molecule has 1 N–H and O–H groups in total. The van der Waals surface area contributed by atoms with Gasteiger partial charge in [0.2, 0.25) is 5.78 Å². The molecule has 0 spiro atoms. The second-order valence-electron chi connectivity index (χ2n) is 10.4. The highest BCUT2D eigenvalue weighted by molar-refractivity contribution is 5.86. The number of aliphatic hydroxyl groups excluding tert-OH is 1. The van der Waals surface area contributed by atoms with Crippen molar-refractivity contribution >= 4 is 17.5 Å². The average Bonchev–Trinajstić information content (AvgIpc) is 3.09. The van der Waals surface area contributed by atoms with Gasteiger partial charge in [-0.25, -0.2) is 0 Å². The van der Waals surface area contributed by atoms with Crippen molar-refractivity contribution in [3.05, 3.63) is 35.9 Å². The van der Waals surface area contributed by atoms with Gasteiger partial charge in [0.05, 0.1) is 12.2 Å². The first-order valence-electron chi connectivity index (χ1n) is 13.5. The summed E-state index contributed by atoms with van der Waals surface area (Å²) in [7, 11) is 0. The Labute approximate surface area is 214 Å². The van der Waals surface area contributed by atoms with E-state index in [4.69, 9.17) is 4.74 Å². The van der Waals surface area contributed by atoms with E-state index >= 15 is 0 Å². The minimum atomic E-state index is -3.41. The van der Waals surface area contributed by atoms with Crippen LogP contribution in [0.25, 0.3) is 0 Å². The first-order valence-corrected chi connectivity index (χ1v) is 13.5. The number of alkyl halides is 2. The average molecular weight is 509 g/mol. The van der Waals surface area contributed by atoms with Crippen molar-refractivity contribution in [3.8, 4) is 0 Å². The van der Waals surface area contributed by atoms with E-state index in [-0.39, 0.29) is 49.5 Å². The molecule has 36 heavy (non-hydrogen) atoms. The molecule has 1 fully saturated rings. The summed E-state index contributed by atoms with van der Waals surface area (Å²) in [6.45, 7) is 3.66. The molecule has 0 amide bonds. The van der Waals surface area contributed by atoms with Crippen molar-refractivity contribution in [2.45, 2.75) is 115 Å². The van der Waals surface area contributed by atoms with Crippen LogP contribution in [0.4, 0.5) is 8.78 Å². The number of Topliss-reactive ketones (excluding diaryl/α,β-unsaturated/α-hetero) is 2. The summed E-state index contributed by atoms with van der Waals surface area (Å²) in [5.74, 6) is -5.51. The minimum Gasteiger partial charge on any atom is -0.463 e. The van der Waals surface area contributed by atoms with Gasteiger partial charge < -0.3 is 9.84 Å². The fraction of sp³-hybridized carbons (Fsp3) is 0.690. The number of benzene rings is 1. The van der Waals surface area contributed by atoms with Gasteiger partial charge in [-0.1, -0.05) is 62.4 Å². The van der Waals surface area contributed by atoms with Gasteiger partial charge in [0.25, 0.3) is 0 Å². The third-order valence-corrected chi connectivity index (χ3v) is 7.03. The van der Waals surface area contributed by atoms with Crippen molar-refractivity contribution in [2.75, 3.05) is 0 Å². The Hall–Kier alpha value is -2.15. The highest BCUT2D eigenvalue weighted by Gasteiger charge is 2.43. The fourth-order valence-electron chi connectivity index (χ4n) is 5.01. The summed E-state index contributed by atoms with van der Waals surface area (Å²) in [5.41, 5.74) is 0.760. The van der Waals surface area contributed by atoms with E-state index in [0.29, 0.717) is 12.8 Å². The van der Waals surface area contributed by atoms with E-state index in [1.165, 1.54) is 0 Å². The summed E-state index contributed by atoms with van der Waals surface area (Å²) in [6, 6.07) is 8.89. The summed E-state index contributed by atoms with van der Waals surface area (Å²) >= 11 is 0. The topological polar surface area (TPSA) is 80.7 Å². The number of ketones is 2. The molecule has 3 atom stereocenters. The molecule has 1 aliphatic rings. The van der Waals surface area contributed by atoms with Gasteiger partial charge in [0.15, 0.2) is 0 Å². The Kier molecular flexibility index (Phi) is 12.7. The molecule has 1 saturated carbocycles. The molecule has 5 nitrogen and oxygen atoms in total. The van der Waals surface area contributed by atoms with E-state index in [9.17, 15) is 28.3 Å². The number of aryl methyl sites for hydroxylation is 1. The number of rotatable bonds is 17. The highest BCUT2D eigenvalue weighted by atomic mass is 19.3. The molecule has 0 unspecified atom stereocenters. The number of aliphatic hydroxyl groups is 1. The SMILES string of the molecule is CC(C)OC(=O)CCCCCCCC[C@H]1C(=O)C[C@@H](O)[C@@H]1CCC(=O)C(F)(F)CCc1ccccc1. The predicted molar refractivity (Wildman–Crippen MR) is 135 cm³/mol. The third-order valence-electron chi connectivity index (χ3n) is 7.03. The van der Waals surface area contributed by atoms with Gasteiger partial charge in [-0.3, -0.25) is 14.4 Å². The molecule has 1 aliphatic carbocycles. The molecule has 0 radical (unpaired) electrons. The lowest BCUT2D eigenvalue weighted by atomic mass is 9.84. The van der Waals surface area contributed by atoms with E-state index < -0.39 is 30.1 Å². The largest absolute Gasteiger partial charge is 0.463 e. The second kappa shape index (κ2) is 15.2. The highest BCUT2D eigenvalue weighted by Crippen LogP contribution is 2.37. The lowest BCUT2D eigenvalue weighted by Gasteiger charge is -2.22. The van der Waals surface area contributed by atoms with Crippen LogP contribution in [0.15, 0.2) is 30.3 Å². The summed E-state index contributed by atoms with van der Waals surface area (Å²) < 4.78 is 33.9. The summed E-state index contributed by atoms with van der Waals surface area (Å²) in [4.78, 5) is 36.2. The van der Waals surface area contributed by atoms with Crippen LogP contribution in [0.3, 0.4) is 0 Å². The molecular formula is C29H42F2O5. The van der Waals surface area contributed by atoms with Crippen molar-refractivity contribution in [3.63, 3.8) is 0 Å². The van der Waals surface area contributed by atoms with Crippen molar-refractivity contribution < 1.29 is 33.0 Å². The van der Waals surface area contributed by atoms with Crippen LogP contribution in [0.1, 0.15) is 96.5 Å². The molecule has 2 rings (SSSR count). The number of hydrogen-bond acceptors (Lipinski definition) is 5. The molecule has 0 heterocycles. The van der Waals surface area contributed by atoms with E-state index in [1.807, 2.05) is 19.9 Å². The number of unbranched alkanes of at least 4 members (excludes halogenated alkanes) is 5. The van der Waals surface area contributed by atoms with Gasteiger partial charge in [0, 0.05) is 31.6 Å². The Bertz CT molecular complexity index is 824. The molecule has 0 saturated heterocycles. The maximum absolute atomic E-state index is 14.4. The number of halogens is 2. The maximum atomic E-state index is 14.4. The molecule has 1 aromatic carbocycles. The predicted octanol–water partition coefficient (Wildman–Crippen LogP) is 6.24. The van der Waals surface area contributed by atoms with Crippen LogP contribution in [-0.2, 0) is 25.5 Å². The molecule has 1 aromatic rings. The Balaban J connectivity index is 1.68. The van der Waals surface area contributed by atoms with Gasteiger partial charge in [0.1, 0.15) is 5.78 Å². The number of ether oxygens (including phenoxy) is 1. The van der Waals surface area contributed by atoms with Gasteiger partial charge in [-0.15, -0.1) is 0 Å². The first-order chi connectivity index (χ1) is 17.1. The number of carbonyl (C=O) groups excluding carboxylic acids is 3. The minimum absolute atomic E-state index is 0.0283. The van der Waals surface area contributed by atoms with Gasteiger partial charge in [-0.2, -0.15) is 8.78 Å². The zero-order valence-corrected chi connectivity index (χ0v) is 21.7. The standard InChI is InChI=1S/C29H42F2O5/c1-21(2)36-28(35)15-11-6-4-3-5-10-14-23-24(26(33)20-25(23)32)16-17-27(34)29(30,31)19-18-22-12-8-7-9-13-22/h7-9,12-13,21,23-24,26,33H,3-6,10-11,14-20H2,1-2H3/t23-,24-,26-/m1/s1. The molecule has 202 valence electrons. The zero-order chi connectivity index (χ0) is 26.6. The lowest BCUT2D eigenvalue weighted by molar-refractivity contribution is -0.147. The monoisotopic (exact) mass is 508 g/mol. The quantitative estimate of drug-likeness (QED) is 0.199. The second-order valence-corrected chi connectivity index (χ2v) is 10.4. The Morgan fingerprint density at radius 2 is 1.64 bits per heavy atom. The number of esters is 1. The van der Waals surface area contributed by atoms with Crippen LogP contribution in [0.5, 0.6) is 0 Å². The van der Waals surface area contributed by atoms with Gasteiger partial charge >= 0.3 is 11.9 Å². The normalized spacial score (nSPS) is 20.2. The third kappa shape index (κ3) is 10.5. The molecular weight excluding hydrogens is 466 g/mol. The Morgan fingerprint density at radius 3 is 2.31 bits per heavy atom. The number of carbonyl (C=O) groups is 3. The van der Waals surface area contributed by atoms with Crippen LogP contribution in [0.2, 0.25) is 0 Å². The fourth-order valence-corrected chi connectivity index (χ4v) is 5.01. The lowest BCUT2D eigenvalue weighted by Crippen LogP contribution is -2.31. The van der Waals surface area contributed by atoms with E-state index in [0.717, 1.165) is 44.1 Å².